The van der Waals surface area contributed by atoms with Crippen molar-refractivity contribution < 1.29 is 4.79 Å². The van der Waals surface area contributed by atoms with Crippen molar-refractivity contribution in [2.45, 2.75) is 19.4 Å². The molecule has 0 spiro atoms. The fourth-order valence-corrected chi connectivity index (χ4v) is 2.61. The number of carbonyl (C=O) groups excluding carboxylic acids is 1. The zero-order valence-corrected chi connectivity index (χ0v) is 11.4. The molecule has 100 valence electrons. The van der Waals surface area contributed by atoms with Crippen LogP contribution in [-0.2, 0) is 0 Å². The number of primary amides is 1. The Balaban J connectivity index is 2.26. The lowest BCUT2D eigenvalue weighted by atomic mass is 10.2. The molecular weight excluding hydrogens is 260 g/mol. The van der Waals surface area contributed by atoms with E-state index in [0.29, 0.717) is 11.5 Å². The van der Waals surface area contributed by atoms with Crippen molar-refractivity contribution in [3.8, 4) is 0 Å². The maximum absolute atomic E-state index is 11.1. The Labute approximate surface area is 115 Å². The normalized spacial score (nSPS) is 12.1. The van der Waals surface area contributed by atoms with E-state index in [4.69, 9.17) is 11.5 Å². The van der Waals surface area contributed by atoms with Crippen LogP contribution in [0.25, 0.3) is 0 Å². The van der Waals surface area contributed by atoms with Crippen LogP contribution in [0.1, 0.15) is 34.8 Å². The fourth-order valence-electron chi connectivity index (χ4n) is 1.75. The average molecular weight is 276 g/mol. The molecule has 1 amide bonds. The maximum atomic E-state index is 11.1. The number of hydrogen-bond donors (Lipinski definition) is 3. The van der Waals surface area contributed by atoms with Crippen LogP contribution in [0.3, 0.4) is 0 Å². The lowest BCUT2D eigenvalue weighted by molar-refractivity contribution is 0.0995. The summed E-state index contributed by atoms with van der Waals surface area (Å²) in [5, 5.41) is 5.29. The van der Waals surface area contributed by atoms with Gasteiger partial charge in [0.25, 0.3) is 5.91 Å². The number of amides is 1. The van der Waals surface area contributed by atoms with Gasteiger partial charge in [0.2, 0.25) is 0 Å². The minimum Gasteiger partial charge on any atom is -0.396 e. The van der Waals surface area contributed by atoms with E-state index in [1.54, 1.807) is 17.4 Å². The molecule has 19 heavy (non-hydrogen) atoms. The Morgan fingerprint density at radius 1 is 1.47 bits per heavy atom. The summed E-state index contributed by atoms with van der Waals surface area (Å²) >= 11 is 1.67. The number of hydrogen-bond acceptors (Lipinski definition) is 5. The molecule has 1 atom stereocenters. The molecule has 1 unspecified atom stereocenters. The lowest BCUT2D eigenvalue weighted by Gasteiger charge is -2.17. The molecule has 2 rings (SSSR count). The fraction of sp³-hybridized carbons (Fsp3) is 0.231. The molecule has 0 fully saturated rings. The SMILES string of the molecule is CCC(Nc1nc(C(N)=O)ccc1N)c1cccs1. The van der Waals surface area contributed by atoms with Gasteiger partial charge in [0.15, 0.2) is 5.82 Å². The molecular formula is C13H16N4OS. The van der Waals surface area contributed by atoms with Crippen LogP contribution in [0.5, 0.6) is 0 Å². The number of rotatable bonds is 5. The van der Waals surface area contributed by atoms with Crippen molar-refractivity contribution >= 4 is 28.7 Å². The number of aromatic nitrogens is 1. The first-order valence-electron chi connectivity index (χ1n) is 5.98. The standard InChI is InChI=1S/C13H16N4OS/c1-2-9(11-4-3-7-19-11)16-13-8(14)5-6-10(17-13)12(15)18/h3-7,9H,2,14H2,1H3,(H2,15,18)(H,16,17). The summed E-state index contributed by atoms with van der Waals surface area (Å²) in [6.45, 7) is 2.07. The zero-order valence-electron chi connectivity index (χ0n) is 10.6. The molecule has 0 radical (unpaired) electrons. The lowest BCUT2D eigenvalue weighted by Crippen LogP contribution is -2.16. The number of anilines is 2. The van der Waals surface area contributed by atoms with Crippen molar-refractivity contribution in [2.75, 3.05) is 11.1 Å². The van der Waals surface area contributed by atoms with Crippen LogP contribution in [0, 0.1) is 0 Å². The molecule has 0 aliphatic heterocycles. The van der Waals surface area contributed by atoms with E-state index in [1.165, 1.54) is 10.9 Å². The first-order chi connectivity index (χ1) is 9.11. The molecule has 5 nitrogen and oxygen atoms in total. The van der Waals surface area contributed by atoms with Gasteiger partial charge in [-0.1, -0.05) is 13.0 Å². The third-order valence-electron chi connectivity index (χ3n) is 2.78. The summed E-state index contributed by atoms with van der Waals surface area (Å²) < 4.78 is 0. The third kappa shape index (κ3) is 3.03. The van der Waals surface area contributed by atoms with E-state index in [-0.39, 0.29) is 11.7 Å². The molecule has 0 saturated carbocycles. The van der Waals surface area contributed by atoms with Crippen molar-refractivity contribution in [3.05, 3.63) is 40.2 Å². The van der Waals surface area contributed by atoms with E-state index < -0.39 is 5.91 Å². The molecule has 2 aromatic heterocycles. The van der Waals surface area contributed by atoms with Crippen LogP contribution >= 0.6 is 11.3 Å². The smallest absolute Gasteiger partial charge is 0.267 e. The molecule has 2 heterocycles. The quantitative estimate of drug-likeness (QED) is 0.781. The second kappa shape index (κ2) is 5.71. The summed E-state index contributed by atoms with van der Waals surface area (Å²) in [6, 6.07) is 7.34. The summed E-state index contributed by atoms with van der Waals surface area (Å²) in [5.41, 5.74) is 11.8. The van der Waals surface area contributed by atoms with Crippen molar-refractivity contribution in [2.24, 2.45) is 5.73 Å². The van der Waals surface area contributed by atoms with Gasteiger partial charge in [-0.3, -0.25) is 4.79 Å². The summed E-state index contributed by atoms with van der Waals surface area (Å²) in [4.78, 5) is 16.5. The van der Waals surface area contributed by atoms with Gasteiger partial charge in [-0.15, -0.1) is 11.3 Å². The Bertz CT molecular complexity index is 568. The van der Waals surface area contributed by atoms with Gasteiger partial charge in [-0.05, 0) is 30.0 Å². The molecule has 5 N–H and O–H groups in total. The second-order valence-electron chi connectivity index (χ2n) is 4.12. The Kier molecular flexibility index (Phi) is 4.01. The maximum Gasteiger partial charge on any atom is 0.267 e. The number of nitrogens with two attached hydrogens (primary N) is 2. The van der Waals surface area contributed by atoms with Gasteiger partial charge in [0, 0.05) is 4.88 Å². The summed E-state index contributed by atoms with van der Waals surface area (Å²) in [5.74, 6) is -0.0660. The number of pyridine rings is 1. The van der Waals surface area contributed by atoms with E-state index in [9.17, 15) is 4.79 Å². The first kappa shape index (κ1) is 13.4. The summed E-state index contributed by atoms with van der Waals surface area (Å²) in [6.07, 6.45) is 0.891. The molecule has 6 heteroatoms. The van der Waals surface area contributed by atoms with Crippen LogP contribution in [0.15, 0.2) is 29.6 Å². The third-order valence-corrected chi connectivity index (χ3v) is 3.77. The predicted octanol–water partition coefficient (Wildman–Crippen LogP) is 2.39. The minimum atomic E-state index is -0.563. The minimum absolute atomic E-state index is 0.123. The second-order valence-corrected chi connectivity index (χ2v) is 5.10. The van der Waals surface area contributed by atoms with Crippen LogP contribution in [-0.4, -0.2) is 10.9 Å². The highest BCUT2D eigenvalue weighted by atomic mass is 32.1. The number of carbonyl (C=O) groups is 1. The van der Waals surface area contributed by atoms with Crippen molar-refractivity contribution in [1.29, 1.82) is 0 Å². The van der Waals surface area contributed by atoms with E-state index in [2.05, 4.69) is 23.3 Å². The Hall–Kier alpha value is -2.08. The monoisotopic (exact) mass is 276 g/mol. The van der Waals surface area contributed by atoms with Gasteiger partial charge in [-0.2, -0.15) is 0 Å². The topological polar surface area (TPSA) is 94.0 Å². The number of nitrogen functional groups attached to an aromatic ring is 1. The van der Waals surface area contributed by atoms with E-state index in [1.807, 2.05) is 11.4 Å². The van der Waals surface area contributed by atoms with E-state index in [0.717, 1.165) is 6.42 Å². The highest BCUT2D eigenvalue weighted by molar-refractivity contribution is 7.10. The van der Waals surface area contributed by atoms with Gasteiger partial charge in [0.05, 0.1) is 11.7 Å². The number of nitrogens with one attached hydrogen (secondary N) is 1. The van der Waals surface area contributed by atoms with Gasteiger partial charge in [-0.25, -0.2) is 4.98 Å². The molecule has 0 aliphatic carbocycles. The molecule has 0 saturated heterocycles. The Morgan fingerprint density at radius 3 is 2.84 bits per heavy atom. The van der Waals surface area contributed by atoms with Crippen LogP contribution in [0.4, 0.5) is 11.5 Å². The average Bonchev–Trinajstić information content (AvgIpc) is 2.91. The molecule has 0 aromatic carbocycles. The highest BCUT2D eigenvalue weighted by Crippen LogP contribution is 2.27. The largest absolute Gasteiger partial charge is 0.396 e. The van der Waals surface area contributed by atoms with Crippen LogP contribution < -0.4 is 16.8 Å². The molecule has 0 aliphatic rings. The molecule has 0 bridgehead atoms. The van der Waals surface area contributed by atoms with Gasteiger partial charge >= 0.3 is 0 Å². The summed E-state index contributed by atoms with van der Waals surface area (Å²) in [7, 11) is 0. The van der Waals surface area contributed by atoms with Crippen molar-refractivity contribution in [3.63, 3.8) is 0 Å². The number of nitrogens with zero attached hydrogens (tertiary/aromatic N) is 1. The number of thiophene rings is 1. The van der Waals surface area contributed by atoms with Crippen LogP contribution in [0.2, 0.25) is 0 Å². The zero-order chi connectivity index (χ0) is 13.8. The van der Waals surface area contributed by atoms with Crippen molar-refractivity contribution in [1.82, 2.24) is 4.98 Å². The first-order valence-corrected chi connectivity index (χ1v) is 6.86. The molecule has 2 aromatic rings. The van der Waals surface area contributed by atoms with Gasteiger partial charge < -0.3 is 16.8 Å². The van der Waals surface area contributed by atoms with Gasteiger partial charge in [0.1, 0.15) is 5.69 Å². The van der Waals surface area contributed by atoms with E-state index >= 15 is 0 Å². The Morgan fingerprint density at radius 2 is 2.26 bits per heavy atom. The predicted molar refractivity (Wildman–Crippen MR) is 78.1 cm³/mol. The highest BCUT2D eigenvalue weighted by Gasteiger charge is 2.14.